The number of fused-ring (bicyclic) bond motifs is 2. The molecular formula is C19H26N2O2. The van der Waals surface area contributed by atoms with Crippen LogP contribution < -0.4 is 4.74 Å². The fourth-order valence-electron chi connectivity index (χ4n) is 4.20. The van der Waals surface area contributed by atoms with E-state index in [1.54, 1.807) is 25.3 Å². The van der Waals surface area contributed by atoms with E-state index in [1.165, 1.54) is 18.6 Å². The molecule has 124 valence electrons. The highest BCUT2D eigenvalue weighted by Crippen LogP contribution is 2.64. The van der Waals surface area contributed by atoms with E-state index in [1.807, 2.05) is 6.92 Å². The summed E-state index contributed by atoms with van der Waals surface area (Å²) >= 11 is 0. The van der Waals surface area contributed by atoms with E-state index < -0.39 is 0 Å². The second kappa shape index (κ2) is 5.36. The average Bonchev–Trinajstić information content (AvgIpc) is 2.86. The summed E-state index contributed by atoms with van der Waals surface area (Å²) in [5.41, 5.74) is 3.03. The number of ether oxygens (including phenoxy) is 1. The summed E-state index contributed by atoms with van der Waals surface area (Å²) in [6, 6.07) is 5.15. The third kappa shape index (κ3) is 2.35. The molecule has 2 aliphatic rings. The van der Waals surface area contributed by atoms with Gasteiger partial charge in [-0.15, -0.1) is 0 Å². The normalized spacial score (nSPS) is 30.9. The molecule has 0 saturated heterocycles. The number of phenolic OH excluding ortho intramolecular Hbond substituents is 1. The summed E-state index contributed by atoms with van der Waals surface area (Å²) in [5, 5.41) is 19.1. The van der Waals surface area contributed by atoms with Crippen molar-refractivity contribution in [3.63, 3.8) is 0 Å². The molecule has 1 aromatic rings. The van der Waals surface area contributed by atoms with Crippen LogP contribution in [-0.2, 0) is 0 Å². The van der Waals surface area contributed by atoms with E-state index >= 15 is 0 Å². The van der Waals surface area contributed by atoms with Crippen LogP contribution in [0.2, 0.25) is 0 Å². The van der Waals surface area contributed by atoms with Crippen molar-refractivity contribution in [1.82, 2.24) is 0 Å². The lowest BCUT2D eigenvalue weighted by molar-refractivity contribution is 0.194. The maximum absolute atomic E-state index is 10.0. The zero-order valence-electron chi connectivity index (χ0n) is 14.7. The van der Waals surface area contributed by atoms with Crippen LogP contribution in [0.15, 0.2) is 28.4 Å². The number of nitrogens with zero attached hydrogens (tertiary/aromatic N) is 2. The molecular weight excluding hydrogens is 288 g/mol. The van der Waals surface area contributed by atoms with Crippen LogP contribution in [0.3, 0.4) is 0 Å². The van der Waals surface area contributed by atoms with Gasteiger partial charge in [-0.25, -0.2) is 0 Å². The Labute approximate surface area is 138 Å². The lowest BCUT2D eigenvalue weighted by atomic mass is 9.70. The van der Waals surface area contributed by atoms with Gasteiger partial charge in [0.05, 0.1) is 12.8 Å². The Morgan fingerprint density at radius 2 is 2.04 bits per heavy atom. The van der Waals surface area contributed by atoms with E-state index in [9.17, 15) is 5.11 Å². The molecule has 0 spiro atoms. The van der Waals surface area contributed by atoms with Gasteiger partial charge in [-0.05, 0) is 55.7 Å². The molecule has 2 atom stereocenters. The predicted molar refractivity (Wildman–Crippen MR) is 93.5 cm³/mol. The van der Waals surface area contributed by atoms with Crippen molar-refractivity contribution >= 4 is 11.4 Å². The van der Waals surface area contributed by atoms with Crippen LogP contribution in [-0.4, -0.2) is 23.6 Å². The molecule has 2 aliphatic carbocycles. The largest absolute Gasteiger partial charge is 0.507 e. The van der Waals surface area contributed by atoms with Gasteiger partial charge in [-0.2, -0.15) is 10.2 Å². The zero-order chi connectivity index (χ0) is 16.8. The highest BCUT2D eigenvalue weighted by Gasteiger charge is 2.59. The van der Waals surface area contributed by atoms with Crippen LogP contribution in [0.25, 0.3) is 0 Å². The molecule has 1 aromatic carbocycles. The van der Waals surface area contributed by atoms with Crippen molar-refractivity contribution in [1.29, 1.82) is 0 Å². The molecule has 0 unspecified atom stereocenters. The van der Waals surface area contributed by atoms with Gasteiger partial charge < -0.3 is 9.84 Å². The molecule has 0 heterocycles. The fourth-order valence-corrected chi connectivity index (χ4v) is 4.20. The molecule has 4 nitrogen and oxygen atoms in total. The summed E-state index contributed by atoms with van der Waals surface area (Å²) in [7, 11) is 1.61. The minimum atomic E-state index is 0.151. The molecule has 0 aromatic heterocycles. The molecule has 4 heteroatoms. The maximum Gasteiger partial charge on any atom is 0.124 e. The predicted octanol–water partition coefficient (Wildman–Crippen LogP) is 4.41. The summed E-state index contributed by atoms with van der Waals surface area (Å²) in [4.78, 5) is 0. The smallest absolute Gasteiger partial charge is 0.124 e. The quantitative estimate of drug-likeness (QED) is 0.663. The van der Waals surface area contributed by atoms with E-state index in [0.717, 1.165) is 6.42 Å². The topological polar surface area (TPSA) is 54.2 Å². The van der Waals surface area contributed by atoms with Gasteiger partial charge in [-0.3, -0.25) is 0 Å². The number of hydrogen-bond donors (Lipinski definition) is 1. The molecule has 0 amide bonds. The Morgan fingerprint density at radius 1 is 1.30 bits per heavy atom. The standard InChI is InChI=1S/C19H26N2O2/c1-12(15-11-14(23-5)6-7-16(15)22)20-21-17-10-13-8-9-19(17,4)18(13,2)3/h6-7,11,13,22H,8-10H2,1-5H3/b20-12+,21-17-/t13-,19+/m1/s1. The summed E-state index contributed by atoms with van der Waals surface area (Å²) in [6.45, 7) is 8.92. The van der Waals surface area contributed by atoms with Crippen molar-refractivity contribution in [2.45, 2.75) is 47.0 Å². The van der Waals surface area contributed by atoms with E-state index in [-0.39, 0.29) is 11.2 Å². The van der Waals surface area contributed by atoms with Gasteiger partial charge in [0.15, 0.2) is 0 Å². The maximum atomic E-state index is 10.0. The molecule has 2 bridgehead atoms. The van der Waals surface area contributed by atoms with Gasteiger partial charge >= 0.3 is 0 Å². The number of phenols is 1. The molecule has 3 rings (SSSR count). The third-order valence-corrected chi connectivity index (χ3v) is 6.43. The van der Waals surface area contributed by atoms with Crippen molar-refractivity contribution in [3.05, 3.63) is 23.8 Å². The number of hydrogen-bond acceptors (Lipinski definition) is 4. The lowest BCUT2D eigenvalue weighted by Crippen LogP contribution is -2.32. The monoisotopic (exact) mass is 314 g/mol. The van der Waals surface area contributed by atoms with Gasteiger partial charge in [0, 0.05) is 16.7 Å². The second-order valence-corrected chi connectivity index (χ2v) is 7.61. The van der Waals surface area contributed by atoms with E-state index in [0.29, 0.717) is 28.4 Å². The number of methoxy groups -OCH3 is 1. The highest BCUT2D eigenvalue weighted by molar-refractivity contribution is 6.02. The number of rotatable bonds is 3. The molecule has 23 heavy (non-hydrogen) atoms. The first-order chi connectivity index (χ1) is 10.8. The second-order valence-electron chi connectivity index (χ2n) is 7.61. The first kappa shape index (κ1) is 16.0. The molecule has 1 N–H and O–H groups in total. The summed E-state index contributed by atoms with van der Waals surface area (Å²) in [5.74, 6) is 1.62. The van der Waals surface area contributed by atoms with Crippen molar-refractivity contribution in [2.24, 2.45) is 27.0 Å². The van der Waals surface area contributed by atoms with Crippen molar-refractivity contribution in [3.8, 4) is 11.5 Å². The van der Waals surface area contributed by atoms with Crippen molar-refractivity contribution in [2.75, 3.05) is 7.11 Å². The first-order valence-electron chi connectivity index (χ1n) is 8.28. The van der Waals surface area contributed by atoms with Crippen LogP contribution in [0.5, 0.6) is 11.5 Å². The Bertz CT molecular complexity index is 691. The van der Waals surface area contributed by atoms with Gasteiger partial charge in [-0.1, -0.05) is 20.8 Å². The minimum Gasteiger partial charge on any atom is -0.507 e. The van der Waals surface area contributed by atoms with Gasteiger partial charge in [0.25, 0.3) is 0 Å². The van der Waals surface area contributed by atoms with Crippen LogP contribution in [0.1, 0.15) is 52.5 Å². The van der Waals surface area contributed by atoms with Crippen LogP contribution in [0, 0.1) is 16.7 Å². The molecule has 0 radical (unpaired) electrons. The first-order valence-corrected chi connectivity index (χ1v) is 8.28. The van der Waals surface area contributed by atoms with E-state index in [4.69, 9.17) is 4.74 Å². The van der Waals surface area contributed by atoms with Gasteiger partial charge in [0.1, 0.15) is 11.5 Å². The highest BCUT2D eigenvalue weighted by atomic mass is 16.5. The molecule has 2 saturated carbocycles. The van der Waals surface area contributed by atoms with Crippen LogP contribution in [0.4, 0.5) is 0 Å². The average molecular weight is 314 g/mol. The molecule has 2 fully saturated rings. The SMILES string of the molecule is COc1ccc(O)c(/C(C)=N/N=C2/C[C@H]3CC[C@]2(C)C3(C)C)c1. The summed E-state index contributed by atoms with van der Waals surface area (Å²) in [6.07, 6.45) is 3.54. The Morgan fingerprint density at radius 3 is 2.61 bits per heavy atom. The lowest BCUT2D eigenvalue weighted by Gasteiger charge is -2.34. The Hall–Kier alpha value is -1.84. The number of benzene rings is 1. The van der Waals surface area contributed by atoms with Crippen molar-refractivity contribution < 1.29 is 9.84 Å². The Kier molecular flexibility index (Phi) is 3.74. The van der Waals surface area contributed by atoms with E-state index in [2.05, 4.69) is 31.0 Å². The zero-order valence-corrected chi connectivity index (χ0v) is 14.7. The summed E-state index contributed by atoms with van der Waals surface area (Å²) < 4.78 is 5.22. The van der Waals surface area contributed by atoms with Crippen LogP contribution >= 0.6 is 0 Å². The number of aromatic hydroxyl groups is 1. The van der Waals surface area contributed by atoms with Gasteiger partial charge in [0.2, 0.25) is 0 Å². The molecule has 0 aliphatic heterocycles. The fraction of sp³-hybridized carbons (Fsp3) is 0.579. The Balaban J connectivity index is 1.92. The third-order valence-electron chi connectivity index (χ3n) is 6.43. The minimum absolute atomic E-state index is 0.151.